The van der Waals surface area contributed by atoms with Crippen molar-refractivity contribution in [3.8, 4) is 11.5 Å². The van der Waals surface area contributed by atoms with Crippen LogP contribution in [0.1, 0.15) is 27.8 Å². The maximum Gasteiger partial charge on any atom is 0.417 e. The van der Waals surface area contributed by atoms with E-state index in [1.165, 1.54) is 17.8 Å². The zero-order chi connectivity index (χ0) is 23.8. The van der Waals surface area contributed by atoms with Gasteiger partial charge >= 0.3 is 6.18 Å². The Balaban J connectivity index is 1.76. The molecule has 0 unspecified atom stereocenters. The lowest BCUT2D eigenvalue weighted by Crippen LogP contribution is -2.05. The molecule has 1 N–H and O–H groups in total. The van der Waals surface area contributed by atoms with Crippen LogP contribution in [0.5, 0.6) is 11.5 Å². The summed E-state index contributed by atoms with van der Waals surface area (Å²) in [6.07, 6.45) is 0.158. The van der Waals surface area contributed by atoms with Crippen LogP contribution in [-0.4, -0.2) is 18.3 Å². The second-order valence-corrected chi connectivity index (χ2v) is 7.28. The third-order valence-electron chi connectivity index (χ3n) is 4.73. The molecule has 172 valence electrons. The smallest absolute Gasteiger partial charge is 0.417 e. The Labute approximate surface area is 190 Å². The molecule has 0 aliphatic rings. The molecule has 2 aromatic carbocycles. The summed E-state index contributed by atoms with van der Waals surface area (Å²) in [5.74, 6) is 1.35. The summed E-state index contributed by atoms with van der Waals surface area (Å²) in [6, 6.07) is 13.9. The summed E-state index contributed by atoms with van der Waals surface area (Å²) < 4.78 is 49.5. The van der Waals surface area contributed by atoms with Crippen LogP contribution < -0.4 is 14.9 Å². The largest absolute Gasteiger partial charge is 0.493 e. The fourth-order valence-corrected chi connectivity index (χ4v) is 3.02. The number of aryl methyl sites for hydroxylation is 1. The van der Waals surface area contributed by atoms with Gasteiger partial charge in [0.05, 0.1) is 18.9 Å². The van der Waals surface area contributed by atoms with Crippen molar-refractivity contribution >= 4 is 12.0 Å². The van der Waals surface area contributed by atoms with E-state index < -0.39 is 11.7 Å². The number of alkyl halides is 3. The Morgan fingerprint density at radius 1 is 1.12 bits per heavy atom. The van der Waals surface area contributed by atoms with Gasteiger partial charge in [-0.2, -0.15) is 18.3 Å². The minimum atomic E-state index is -4.43. The van der Waals surface area contributed by atoms with Crippen LogP contribution >= 0.6 is 0 Å². The number of aromatic nitrogens is 1. The van der Waals surface area contributed by atoms with Crippen molar-refractivity contribution in [2.24, 2.45) is 5.10 Å². The maximum absolute atomic E-state index is 12.6. The van der Waals surface area contributed by atoms with Gasteiger partial charge in [-0.3, -0.25) is 5.43 Å². The van der Waals surface area contributed by atoms with Gasteiger partial charge in [-0.15, -0.1) is 6.58 Å². The zero-order valence-electron chi connectivity index (χ0n) is 18.3. The molecule has 0 amide bonds. The second-order valence-electron chi connectivity index (χ2n) is 7.28. The predicted octanol–water partition coefficient (Wildman–Crippen LogP) is 6.17. The third-order valence-corrected chi connectivity index (χ3v) is 4.73. The van der Waals surface area contributed by atoms with Crippen molar-refractivity contribution in [3.63, 3.8) is 0 Å². The minimum Gasteiger partial charge on any atom is -0.493 e. The first-order valence-corrected chi connectivity index (χ1v) is 10.1. The summed E-state index contributed by atoms with van der Waals surface area (Å²) >= 11 is 0. The van der Waals surface area contributed by atoms with Crippen LogP contribution in [0.15, 0.2) is 72.5 Å². The van der Waals surface area contributed by atoms with Gasteiger partial charge in [0.15, 0.2) is 11.5 Å². The molecular formula is C25H24F3N3O2. The first-order chi connectivity index (χ1) is 15.8. The number of nitrogens with zero attached hydrogens (tertiary/aromatic N) is 2. The number of anilines is 1. The Kier molecular flexibility index (Phi) is 7.71. The van der Waals surface area contributed by atoms with E-state index in [9.17, 15) is 13.2 Å². The molecule has 0 fully saturated rings. The van der Waals surface area contributed by atoms with E-state index in [2.05, 4.69) is 22.1 Å². The molecule has 0 spiro atoms. The van der Waals surface area contributed by atoms with Crippen molar-refractivity contribution < 1.29 is 22.6 Å². The van der Waals surface area contributed by atoms with Gasteiger partial charge < -0.3 is 9.47 Å². The number of benzene rings is 2. The first kappa shape index (κ1) is 23.8. The van der Waals surface area contributed by atoms with Crippen LogP contribution in [0.25, 0.3) is 0 Å². The van der Waals surface area contributed by atoms with Crippen molar-refractivity contribution in [3.05, 3.63) is 95.2 Å². The Hall–Kier alpha value is -3.81. The van der Waals surface area contributed by atoms with Crippen molar-refractivity contribution in [2.45, 2.75) is 26.1 Å². The molecule has 1 aromatic heterocycles. The van der Waals surface area contributed by atoms with Crippen LogP contribution in [0.3, 0.4) is 0 Å². The standard InChI is InChI=1S/C25H24F3N3O2/c1-4-5-20-12-19(14-30-31-23-11-10-21(15-29-23)25(26,27)28)13-22(32-3)24(20)33-16-18-8-6-17(2)7-9-18/h4,6-15H,1,5,16H2,2-3H3,(H,29,31)/b30-14-. The van der Waals surface area contributed by atoms with E-state index in [-0.39, 0.29) is 5.82 Å². The molecule has 0 bridgehead atoms. The Morgan fingerprint density at radius 3 is 2.48 bits per heavy atom. The monoisotopic (exact) mass is 455 g/mol. The second kappa shape index (κ2) is 10.7. The van der Waals surface area contributed by atoms with E-state index in [0.717, 1.165) is 23.4 Å². The van der Waals surface area contributed by atoms with Gasteiger partial charge in [0.2, 0.25) is 0 Å². The molecular weight excluding hydrogens is 431 g/mol. The molecule has 3 rings (SSSR count). The van der Waals surface area contributed by atoms with E-state index in [4.69, 9.17) is 9.47 Å². The maximum atomic E-state index is 12.6. The summed E-state index contributed by atoms with van der Waals surface area (Å²) in [5.41, 5.74) is 5.59. The fourth-order valence-electron chi connectivity index (χ4n) is 3.02. The molecule has 0 saturated heterocycles. The summed E-state index contributed by atoms with van der Waals surface area (Å²) in [7, 11) is 1.55. The number of methoxy groups -OCH3 is 1. The van der Waals surface area contributed by atoms with E-state index in [0.29, 0.717) is 30.1 Å². The molecule has 8 heteroatoms. The van der Waals surface area contributed by atoms with E-state index in [1.54, 1.807) is 19.3 Å². The number of pyridine rings is 1. The number of rotatable bonds is 9. The van der Waals surface area contributed by atoms with Gasteiger partial charge in [-0.05, 0) is 48.7 Å². The van der Waals surface area contributed by atoms with E-state index >= 15 is 0 Å². The molecule has 0 saturated carbocycles. The quantitative estimate of drug-likeness (QED) is 0.238. The molecule has 0 aliphatic carbocycles. The number of hydrogen-bond acceptors (Lipinski definition) is 5. The molecule has 5 nitrogen and oxygen atoms in total. The summed E-state index contributed by atoms with van der Waals surface area (Å²) in [5, 5.41) is 4.07. The van der Waals surface area contributed by atoms with Gasteiger partial charge in [0.1, 0.15) is 12.4 Å². The van der Waals surface area contributed by atoms with Crippen molar-refractivity contribution in [1.82, 2.24) is 4.98 Å². The highest BCUT2D eigenvalue weighted by Crippen LogP contribution is 2.34. The Bertz CT molecular complexity index is 1110. The molecule has 0 aliphatic heterocycles. The van der Waals surface area contributed by atoms with Gasteiger partial charge in [-0.1, -0.05) is 35.9 Å². The predicted molar refractivity (Wildman–Crippen MR) is 123 cm³/mol. The van der Waals surface area contributed by atoms with Crippen molar-refractivity contribution in [1.29, 1.82) is 0 Å². The van der Waals surface area contributed by atoms with Crippen LogP contribution in [0.4, 0.5) is 19.0 Å². The van der Waals surface area contributed by atoms with Gasteiger partial charge in [0.25, 0.3) is 0 Å². The zero-order valence-corrected chi connectivity index (χ0v) is 18.3. The average Bonchev–Trinajstić information content (AvgIpc) is 2.79. The number of allylic oxidation sites excluding steroid dienone is 1. The molecule has 1 heterocycles. The topological polar surface area (TPSA) is 55.7 Å². The van der Waals surface area contributed by atoms with Crippen molar-refractivity contribution in [2.75, 3.05) is 12.5 Å². The number of halogens is 3. The summed E-state index contributed by atoms with van der Waals surface area (Å²) in [6.45, 7) is 6.22. The fraction of sp³-hybridized carbons (Fsp3) is 0.200. The molecule has 0 atom stereocenters. The average molecular weight is 455 g/mol. The highest BCUT2D eigenvalue weighted by molar-refractivity contribution is 5.82. The van der Waals surface area contributed by atoms with Crippen LogP contribution in [0.2, 0.25) is 0 Å². The highest BCUT2D eigenvalue weighted by atomic mass is 19.4. The Morgan fingerprint density at radius 2 is 1.88 bits per heavy atom. The number of nitrogens with one attached hydrogen (secondary N) is 1. The van der Waals surface area contributed by atoms with Crippen LogP contribution in [-0.2, 0) is 19.2 Å². The minimum absolute atomic E-state index is 0.190. The normalized spacial score (nSPS) is 11.4. The lowest BCUT2D eigenvalue weighted by molar-refractivity contribution is -0.137. The molecule has 3 aromatic rings. The number of hydrazone groups is 1. The van der Waals surface area contributed by atoms with E-state index in [1.807, 2.05) is 37.3 Å². The van der Waals surface area contributed by atoms with Crippen LogP contribution in [0, 0.1) is 6.92 Å². The molecule has 0 radical (unpaired) electrons. The van der Waals surface area contributed by atoms with Gasteiger partial charge in [0, 0.05) is 11.8 Å². The third kappa shape index (κ3) is 6.58. The summed E-state index contributed by atoms with van der Waals surface area (Å²) in [4.78, 5) is 3.73. The van der Waals surface area contributed by atoms with Gasteiger partial charge in [-0.25, -0.2) is 4.98 Å². The molecule has 33 heavy (non-hydrogen) atoms. The first-order valence-electron chi connectivity index (χ1n) is 10.1. The highest BCUT2D eigenvalue weighted by Gasteiger charge is 2.30. The number of ether oxygens (including phenoxy) is 2. The SMILES string of the molecule is C=CCc1cc(/C=N\Nc2ccc(C(F)(F)F)cn2)cc(OC)c1OCc1ccc(C)cc1. The lowest BCUT2D eigenvalue weighted by atomic mass is 10.1. The number of hydrogen-bond donors (Lipinski definition) is 1. The lowest BCUT2D eigenvalue weighted by Gasteiger charge is -2.16.